The number of para-hydroxylation sites is 2. The summed E-state index contributed by atoms with van der Waals surface area (Å²) in [5.74, 6) is -0.0690. The average Bonchev–Trinajstić information content (AvgIpc) is 2.62. The molecule has 1 heterocycles. The second-order valence-electron chi connectivity index (χ2n) is 5.56. The standard InChI is InChI=1S/C19H19N3O2/c1-2-14-7-3-5-9-16(14)21-19(24)11-12-22-17-10-6-4-8-15(17)18(23)13-20-22/h3-10,13H,2,11-12H2,1H3,(H,21,24). The molecule has 24 heavy (non-hydrogen) atoms. The second-order valence-corrected chi connectivity index (χ2v) is 5.56. The number of nitrogens with zero attached hydrogens (tertiary/aromatic N) is 2. The molecule has 1 amide bonds. The third-order valence-electron chi connectivity index (χ3n) is 3.98. The molecule has 0 fully saturated rings. The molecular weight excluding hydrogens is 302 g/mol. The van der Waals surface area contributed by atoms with Gasteiger partial charge in [0.2, 0.25) is 11.3 Å². The van der Waals surface area contributed by atoms with Crippen molar-refractivity contribution in [2.75, 3.05) is 5.32 Å². The highest BCUT2D eigenvalue weighted by atomic mass is 16.1. The molecule has 1 N–H and O–H groups in total. The van der Waals surface area contributed by atoms with Crippen LogP contribution in [0.4, 0.5) is 5.69 Å². The lowest BCUT2D eigenvalue weighted by Crippen LogP contribution is -2.18. The quantitative estimate of drug-likeness (QED) is 0.786. The van der Waals surface area contributed by atoms with E-state index in [1.807, 2.05) is 42.5 Å². The Morgan fingerprint density at radius 2 is 1.88 bits per heavy atom. The zero-order valence-corrected chi connectivity index (χ0v) is 13.5. The number of amides is 1. The zero-order valence-electron chi connectivity index (χ0n) is 13.5. The molecule has 1 aromatic heterocycles. The first-order valence-corrected chi connectivity index (χ1v) is 8.01. The van der Waals surface area contributed by atoms with E-state index in [9.17, 15) is 9.59 Å². The van der Waals surface area contributed by atoms with Crippen molar-refractivity contribution >= 4 is 22.5 Å². The van der Waals surface area contributed by atoms with Gasteiger partial charge < -0.3 is 5.32 Å². The molecule has 122 valence electrons. The summed E-state index contributed by atoms with van der Waals surface area (Å²) in [5, 5.41) is 7.71. The smallest absolute Gasteiger partial charge is 0.226 e. The van der Waals surface area contributed by atoms with Gasteiger partial charge in [0.05, 0.1) is 18.3 Å². The number of hydrogen-bond donors (Lipinski definition) is 1. The molecule has 3 aromatic rings. The van der Waals surface area contributed by atoms with Crippen LogP contribution in [-0.2, 0) is 17.8 Å². The van der Waals surface area contributed by atoms with Gasteiger partial charge in [0, 0.05) is 17.5 Å². The molecule has 0 saturated heterocycles. The summed E-state index contributed by atoms with van der Waals surface area (Å²) in [5.41, 5.74) is 2.59. The van der Waals surface area contributed by atoms with Crippen molar-refractivity contribution in [2.45, 2.75) is 26.3 Å². The van der Waals surface area contributed by atoms with E-state index < -0.39 is 0 Å². The molecule has 0 aliphatic rings. The number of aryl methyl sites for hydroxylation is 2. The highest BCUT2D eigenvalue weighted by Gasteiger charge is 2.08. The zero-order chi connectivity index (χ0) is 16.9. The molecule has 0 aliphatic heterocycles. The maximum atomic E-state index is 12.2. The summed E-state index contributed by atoms with van der Waals surface area (Å²) in [4.78, 5) is 24.1. The van der Waals surface area contributed by atoms with E-state index in [2.05, 4.69) is 17.3 Å². The highest BCUT2D eigenvalue weighted by Crippen LogP contribution is 2.16. The van der Waals surface area contributed by atoms with E-state index in [4.69, 9.17) is 0 Å². The van der Waals surface area contributed by atoms with Gasteiger partial charge in [0.15, 0.2) is 0 Å². The number of carbonyl (C=O) groups is 1. The van der Waals surface area contributed by atoms with E-state index in [0.717, 1.165) is 23.2 Å². The molecule has 0 radical (unpaired) electrons. The van der Waals surface area contributed by atoms with Gasteiger partial charge in [-0.25, -0.2) is 0 Å². The molecule has 0 saturated carbocycles. The minimum absolute atomic E-state index is 0.0690. The van der Waals surface area contributed by atoms with Crippen molar-refractivity contribution in [1.29, 1.82) is 0 Å². The van der Waals surface area contributed by atoms with E-state index in [-0.39, 0.29) is 17.8 Å². The van der Waals surface area contributed by atoms with Crippen molar-refractivity contribution < 1.29 is 4.79 Å². The Morgan fingerprint density at radius 1 is 1.12 bits per heavy atom. The van der Waals surface area contributed by atoms with Gasteiger partial charge in [-0.05, 0) is 30.2 Å². The second kappa shape index (κ2) is 7.08. The molecule has 3 rings (SSSR count). The van der Waals surface area contributed by atoms with Gasteiger partial charge in [0.1, 0.15) is 0 Å². The summed E-state index contributed by atoms with van der Waals surface area (Å²) in [6.45, 7) is 2.47. The number of carbonyl (C=O) groups excluding carboxylic acids is 1. The lowest BCUT2D eigenvalue weighted by molar-refractivity contribution is -0.116. The first-order valence-electron chi connectivity index (χ1n) is 8.01. The number of aromatic nitrogens is 2. The Balaban J connectivity index is 1.73. The van der Waals surface area contributed by atoms with Crippen LogP contribution in [0.25, 0.3) is 10.9 Å². The van der Waals surface area contributed by atoms with Crippen LogP contribution in [-0.4, -0.2) is 15.7 Å². The van der Waals surface area contributed by atoms with Crippen molar-refractivity contribution in [3.8, 4) is 0 Å². The molecule has 0 aliphatic carbocycles. The molecule has 0 spiro atoms. The van der Waals surface area contributed by atoms with Crippen LogP contribution in [0.2, 0.25) is 0 Å². The van der Waals surface area contributed by atoms with E-state index in [1.54, 1.807) is 10.7 Å². The first-order chi connectivity index (χ1) is 11.7. The molecule has 5 heteroatoms. The van der Waals surface area contributed by atoms with Crippen LogP contribution < -0.4 is 10.7 Å². The van der Waals surface area contributed by atoms with Crippen molar-refractivity contribution in [3.63, 3.8) is 0 Å². The largest absolute Gasteiger partial charge is 0.326 e. The Bertz CT molecular complexity index is 931. The lowest BCUT2D eigenvalue weighted by Gasteiger charge is -2.11. The van der Waals surface area contributed by atoms with Crippen LogP contribution in [0, 0.1) is 0 Å². The van der Waals surface area contributed by atoms with Gasteiger partial charge in [-0.2, -0.15) is 5.10 Å². The van der Waals surface area contributed by atoms with Crippen LogP contribution >= 0.6 is 0 Å². The fourth-order valence-electron chi connectivity index (χ4n) is 2.71. The topological polar surface area (TPSA) is 64.0 Å². The summed E-state index contributed by atoms with van der Waals surface area (Å²) < 4.78 is 1.70. The van der Waals surface area contributed by atoms with Crippen LogP contribution in [0.1, 0.15) is 18.9 Å². The SMILES string of the molecule is CCc1ccccc1NC(=O)CCn1ncc(=O)c2ccccc21. The fourth-order valence-corrected chi connectivity index (χ4v) is 2.71. The predicted octanol–water partition coefficient (Wildman–Crippen LogP) is 2.99. The molecule has 0 bridgehead atoms. The highest BCUT2D eigenvalue weighted by molar-refractivity contribution is 5.91. The average molecular weight is 321 g/mol. The molecule has 5 nitrogen and oxygen atoms in total. The molecular formula is C19H19N3O2. The molecule has 2 aromatic carbocycles. The summed E-state index contributed by atoms with van der Waals surface area (Å²) >= 11 is 0. The normalized spacial score (nSPS) is 10.7. The number of benzene rings is 2. The Kier molecular flexibility index (Phi) is 4.70. The fraction of sp³-hybridized carbons (Fsp3) is 0.211. The van der Waals surface area contributed by atoms with Crippen LogP contribution in [0.5, 0.6) is 0 Å². The number of anilines is 1. The number of rotatable bonds is 5. The van der Waals surface area contributed by atoms with Gasteiger partial charge >= 0.3 is 0 Å². The van der Waals surface area contributed by atoms with E-state index in [1.165, 1.54) is 6.20 Å². The Labute approximate surface area is 139 Å². The number of hydrogen-bond acceptors (Lipinski definition) is 3. The van der Waals surface area contributed by atoms with Gasteiger partial charge in [-0.3, -0.25) is 14.3 Å². The third kappa shape index (κ3) is 3.35. The Hall–Kier alpha value is -2.95. The molecule has 0 unspecified atom stereocenters. The predicted molar refractivity (Wildman–Crippen MR) is 95.1 cm³/mol. The first kappa shape index (κ1) is 15.9. The third-order valence-corrected chi connectivity index (χ3v) is 3.98. The number of fused-ring (bicyclic) bond motifs is 1. The van der Waals surface area contributed by atoms with E-state index in [0.29, 0.717) is 11.9 Å². The van der Waals surface area contributed by atoms with Gasteiger partial charge in [-0.1, -0.05) is 37.3 Å². The Morgan fingerprint density at radius 3 is 2.71 bits per heavy atom. The van der Waals surface area contributed by atoms with Gasteiger partial charge in [-0.15, -0.1) is 0 Å². The van der Waals surface area contributed by atoms with Crippen molar-refractivity contribution in [3.05, 3.63) is 70.5 Å². The minimum atomic E-state index is -0.108. The summed E-state index contributed by atoms with van der Waals surface area (Å²) in [7, 11) is 0. The number of nitrogens with one attached hydrogen (secondary N) is 1. The van der Waals surface area contributed by atoms with Crippen molar-refractivity contribution in [1.82, 2.24) is 9.78 Å². The van der Waals surface area contributed by atoms with Crippen LogP contribution in [0.3, 0.4) is 0 Å². The monoisotopic (exact) mass is 321 g/mol. The maximum Gasteiger partial charge on any atom is 0.226 e. The summed E-state index contributed by atoms with van der Waals surface area (Å²) in [6.07, 6.45) is 2.45. The van der Waals surface area contributed by atoms with Gasteiger partial charge in [0.25, 0.3) is 0 Å². The van der Waals surface area contributed by atoms with Crippen molar-refractivity contribution in [2.24, 2.45) is 0 Å². The molecule has 0 atom stereocenters. The minimum Gasteiger partial charge on any atom is -0.326 e. The van der Waals surface area contributed by atoms with Crippen LogP contribution in [0.15, 0.2) is 59.5 Å². The lowest BCUT2D eigenvalue weighted by atomic mass is 10.1. The van der Waals surface area contributed by atoms with E-state index >= 15 is 0 Å². The summed E-state index contributed by atoms with van der Waals surface area (Å²) in [6, 6.07) is 15.1. The maximum absolute atomic E-state index is 12.2.